The molecule has 2 aromatic carbocycles. The molecule has 0 radical (unpaired) electrons. The highest BCUT2D eigenvalue weighted by atomic mass is 16.7. The van der Waals surface area contributed by atoms with Crippen LogP contribution in [-0.2, 0) is 11.3 Å². The Morgan fingerprint density at radius 3 is 2.16 bits per heavy atom. The quantitative estimate of drug-likeness (QED) is 0.372. The number of oxime groups is 1. The predicted octanol–water partition coefficient (Wildman–Crippen LogP) is 3.53. The summed E-state index contributed by atoms with van der Waals surface area (Å²) in [6, 6.07) is 6.11. The molecule has 0 bridgehead atoms. The molecule has 10 heteroatoms. The highest BCUT2D eigenvalue weighted by Crippen LogP contribution is 2.39. The number of hydrogen-bond acceptors (Lipinski definition) is 9. The van der Waals surface area contributed by atoms with E-state index in [1.54, 1.807) is 6.07 Å². The van der Waals surface area contributed by atoms with E-state index in [1.807, 2.05) is 0 Å². The molecule has 0 N–H and O–H groups in total. The fraction of sp³-hybridized carbons (Fsp3) is 0.333. The average Bonchev–Trinajstić information content (AvgIpc) is 2.80. The molecule has 164 valence electrons. The van der Waals surface area contributed by atoms with Crippen molar-refractivity contribution in [3.8, 4) is 23.0 Å². The third-order valence-corrected chi connectivity index (χ3v) is 4.94. The van der Waals surface area contributed by atoms with Gasteiger partial charge in [-0.25, -0.2) is 4.79 Å². The van der Waals surface area contributed by atoms with Crippen LogP contribution in [0.5, 0.6) is 23.0 Å². The summed E-state index contributed by atoms with van der Waals surface area (Å²) >= 11 is 0. The Balaban J connectivity index is 1.93. The van der Waals surface area contributed by atoms with Crippen LogP contribution in [0.1, 0.15) is 34.3 Å². The number of nitrogens with zero attached hydrogens (tertiary/aromatic N) is 2. The molecule has 0 heterocycles. The minimum Gasteiger partial charge on any atom is -0.493 e. The summed E-state index contributed by atoms with van der Waals surface area (Å²) < 4.78 is 20.9. The Morgan fingerprint density at radius 1 is 0.968 bits per heavy atom. The second-order valence-corrected chi connectivity index (χ2v) is 6.58. The van der Waals surface area contributed by atoms with Crippen molar-refractivity contribution in [3.05, 3.63) is 51.1 Å². The van der Waals surface area contributed by atoms with Crippen molar-refractivity contribution in [3.63, 3.8) is 0 Å². The maximum absolute atomic E-state index is 12.6. The zero-order valence-corrected chi connectivity index (χ0v) is 17.6. The van der Waals surface area contributed by atoms with Crippen LogP contribution in [-0.4, -0.2) is 45.0 Å². The molecule has 0 fully saturated rings. The van der Waals surface area contributed by atoms with Crippen molar-refractivity contribution in [2.24, 2.45) is 5.16 Å². The van der Waals surface area contributed by atoms with Crippen molar-refractivity contribution in [1.29, 1.82) is 0 Å². The van der Waals surface area contributed by atoms with Crippen LogP contribution in [0.4, 0.5) is 5.69 Å². The lowest BCUT2D eigenvalue weighted by molar-refractivity contribution is -0.386. The van der Waals surface area contributed by atoms with Crippen molar-refractivity contribution in [2.45, 2.75) is 19.3 Å². The normalized spacial score (nSPS) is 13.9. The third-order valence-electron chi connectivity index (χ3n) is 4.94. The minimum atomic E-state index is -0.734. The van der Waals surface area contributed by atoms with Crippen molar-refractivity contribution >= 4 is 17.4 Å². The van der Waals surface area contributed by atoms with Crippen LogP contribution in [0.25, 0.3) is 0 Å². The van der Waals surface area contributed by atoms with E-state index >= 15 is 0 Å². The monoisotopic (exact) mass is 430 g/mol. The van der Waals surface area contributed by atoms with Crippen molar-refractivity contribution < 1.29 is 33.5 Å². The molecule has 0 spiro atoms. The maximum Gasteiger partial charge on any atom is 0.366 e. The smallest absolute Gasteiger partial charge is 0.366 e. The van der Waals surface area contributed by atoms with Gasteiger partial charge in [-0.3, -0.25) is 10.1 Å². The van der Waals surface area contributed by atoms with Crippen LogP contribution in [0.15, 0.2) is 29.4 Å². The molecule has 0 aromatic heterocycles. The van der Waals surface area contributed by atoms with Crippen LogP contribution < -0.4 is 18.9 Å². The number of methoxy groups -OCH3 is 4. The second kappa shape index (κ2) is 9.33. The standard InChI is InChI=1S/C21H22N2O8/c1-27-16-9-8-13-14(19(16)23(25)26)6-5-7-15(13)22-31-21(24)12-10-17(28-2)20(30-4)18(11-12)29-3/h8-11H,5-7H2,1-4H3. The van der Waals surface area contributed by atoms with E-state index in [1.165, 1.54) is 46.6 Å². The molecule has 3 rings (SSSR count). The molecule has 0 unspecified atom stereocenters. The summed E-state index contributed by atoms with van der Waals surface area (Å²) in [6.45, 7) is 0. The van der Waals surface area contributed by atoms with E-state index < -0.39 is 10.9 Å². The summed E-state index contributed by atoms with van der Waals surface area (Å²) in [6.07, 6.45) is 1.64. The Kier molecular flexibility index (Phi) is 6.58. The molecule has 0 saturated heterocycles. The molecule has 1 aliphatic carbocycles. The molecule has 0 saturated carbocycles. The van der Waals surface area contributed by atoms with Crippen LogP contribution in [0.3, 0.4) is 0 Å². The van der Waals surface area contributed by atoms with Crippen molar-refractivity contribution in [2.75, 3.05) is 28.4 Å². The molecule has 31 heavy (non-hydrogen) atoms. The van der Waals surface area contributed by atoms with Gasteiger partial charge >= 0.3 is 11.7 Å². The van der Waals surface area contributed by atoms with E-state index in [-0.39, 0.29) is 17.0 Å². The Bertz CT molecular complexity index is 1020. The average molecular weight is 430 g/mol. The van der Waals surface area contributed by atoms with Crippen molar-refractivity contribution in [1.82, 2.24) is 0 Å². The number of ether oxygens (including phenoxy) is 4. The lowest BCUT2D eigenvalue weighted by atomic mass is 9.88. The number of benzene rings is 2. The fourth-order valence-electron chi connectivity index (χ4n) is 3.51. The highest BCUT2D eigenvalue weighted by molar-refractivity contribution is 6.04. The number of carbonyl (C=O) groups is 1. The summed E-state index contributed by atoms with van der Waals surface area (Å²) in [5, 5.41) is 15.6. The van der Waals surface area contributed by atoms with Gasteiger partial charge in [0, 0.05) is 11.1 Å². The van der Waals surface area contributed by atoms with Gasteiger partial charge in [-0.1, -0.05) is 5.16 Å². The number of fused-ring (bicyclic) bond motifs is 1. The van der Waals surface area contributed by atoms with Crippen LogP contribution in [0.2, 0.25) is 0 Å². The van der Waals surface area contributed by atoms with Crippen LogP contribution in [0, 0.1) is 10.1 Å². The Labute approximate surface area is 178 Å². The molecule has 0 aliphatic heterocycles. The van der Waals surface area contributed by atoms with E-state index in [0.29, 0.717) is 53.3 Å². The maximum atomic E-state index is 12.6. The van der Waals surface area contributed by atoms with E-state index in [2.05, 4.69) is 5.16 Å². The first-order chi connectivity index (χ1) is 14.9. The Morgan fingerprint density at radius 2 is 1.61 bits per heavy atom. The van der Waals surface area contributed by atoms with Gasteiger partial charge < -0.3 is 23.8 Å². The second-order valence-electron chi connectivity index (χ2n) is 6.58. The van der Waals surface area contributed by atoms with Gasteiger partial charge in [-0.15, -0.1) is 0 Å². The molecule has 0 atom stereocenters. The third kappa shape index (κ3) is 4.23. The highest BCUT2D eigenvalue weighted by Gasteiger charge is 2.29. The molecule has 2 aromatic rings. The minimum absolute atomic E-state index is 0.0941. The number of nitro benzene ring substituents is 1. The summed E-state index contributed by atoms with van der Waals surface area (Å²) in [7, 11) is 5.71. The zero-order chi connectivity index (χ0) is 22.5. The van der Waals surface area contributed by atoms with Crippen LogP contribution >= 0.6 is 0 Å². The first-order valence-electron chi connectivity index (χ1n) is 9.38. The first-order valence-corrected chi connectivity index (χ1v) is 9.38. The molecular formula is C21H22N2O8. The fourth-order valence-corrected chi connectivity index (χ4v) is 3.51. The van der Waals surface area contributed by atoms with E-state index in [0.717, 1.165) is 0 Å². The number of carbonyl (C=O) groups excluding carboxylic acids is 1. The summed E-state index contributed by atoms with van der Waals surface area (Å²) in [5.74, 6) is 0.385. The molecule has 0 amide bonds. The Hall–Kier alpha value is -3.82. The van der Waals surface area contributed by atoms with E-state index in [9.17, 15) is 14.9 Å². The molecule has 1 aliphatic rings. The predicted molar refractivity (Wildman–Crippen MR) is 111 cm³/mol. The molecule has 10 nitrogen and oxygen atoms in total. The number of rotatable bonds is 7. The summed E-state index contributed by atoms with van der Waals surface area (Å²) in [4.78, 5) is 28.8. The van der Waals surface area contributed by atoms with Gasteiger partial charge in [0.2, 0.25) is 5.75 Å². The van der Waals surface area contributed by atoms with Gasteiger partial charge in [0.05, 0.1) is 44.6 Å². The molecular weight excluding hydrogens is 408 g/mol. The topological polar surface area (TPSA) is 119 Å². The lowest BCUT2D eigenvalue weighted by Crippen LogP contribution is -2.16. The number of hydrogen-bond donors (Lipinski definition) is 0. The largest absolute Gasteiger partial charge is 0.493 e. The van der Waals surface area contributed by atoms with Gasteiger partial charge in [0.15, 0.2) is 17.2 Å². The lowest BCUT2D eigenvalue weighted by Gasteiger charge is -2.18. The summed E-state index contributed by atoms with van der Waals surface area (Å²) in [5.41, 5.74) is 1.58. The van der Waals surface area contributed by atoms with Gasteiger partial charge in [0.25, 0.3) is 0 Å². The SMILES string of the molecule is COc1cc(C(=O)ON=C2CCCc3c2ccc(OC)c3[N+](=O)[O-])cc(OC)c1OC. The van der Waals surface area contributed by atoms with Gasteiger partial charge in [-0.05, 0) is 43.5 Å². The van der Waals surface area contributed by atoms with Gasteiger partial charge in [0.1, 0.15) is 0 Å². The van der Waals surface area contributed by atoms with E-state index in [4.69, 9.17) is 23.8 Å². The van der Waals surface area contributed by atoms with Gasteiger partial charge in [-0.2, -0.15) is 0 Å². The zero-order valence-electron chi connectivity index (χ0n) is 17.6. The first kappa shape index (κ1) is 21.9. The number of nitro groups is 1.